The lowest BCUT2D eigenvalue weighted by Crippen LogP contribution is -2.34. The summed E-state index contributed by atoms with van der Waals surface area (Å²) in [6.07, 6.45) is 2.37. The molecule has 1 rings (SSSR count). The second-order valence-corrected chi connectivity index (χ2v) is 3.25. The SMILES string of the molecule is CC1(C)CCCN=C1N.Cl. The van der Waals surface area contributed by atoms with Gasteiger partial charge in [-0.25, -0.2) is 0 Å². The van der Waals surface area contributed by atoms with Crippen molar-refractivity contribution < 1.29 is 0 Å². The van der Waals surface area contributed by atoms with Gasteiger partial charge in [0.05, 0.1) is 5.84 Å². The summed E-state index contributed by atoms with van der Waals surface area (Å²) in [5, 5.41) is 0. The summed E-state index contributed by atoms with van der Waals surface area (Å²) >= 11 is 0. The van der Waals surface area contributed by atoms with Crippen LogP contribution in [0, 0.1) is 5.41 Å². The van der Waals surface area contributed by atoms with Gasteiger partial charge in [-0.05, 0) is 12.8 Å². The number of nitrogens with zero attached hydrogens (tertiary/aromatic N) is 1. The fourth-order valence-corrected chi connectivity index (χ4v) is 1.06. The highest BCUT2D eigenvalue weighted by Gasteiger charge is 2.24. The minimum absolute atomic E-state index is 0. The maximum Gasteiger partial charge on any atom is 0.0994 e. The average molecular weight is 163 g/mol. The zero-order valence-corrected chi connectivity index (χ0v) is 7.37. The third kappa shape index (κ3) is 1.87. The number of hydrogen-bond acceptors (Lipinski definition) is 2. The molecule has 10 heavy (non-hydrogen) atoms. The van der Waals surface area contributed by atoms with Crippen molar-refractivity contribution in [2.75, 3.05) is 6.54 Å². The van der Waals surface area contributed by atoms with Crippen molar-refractivity contribution in [3.05, 3.63) is 0 Å². The van der Waals surface area contributed by atoms with Crippen molar-refractivity contribution in [2.45, 2.75) is 26.7 Å². The molecule has 0 unspecified atom stereocenters. The van der Waals surface area contributed by atoms with Gasteiger partial charge in [-0.3, -0.25) is 4.99 Å². The minimum Gasteiger partial charge on any atom is -0.387 e. The van der Waals surface area contributed by atoms with Crippen LogP contribution in [0.25, 0.3) is 0 Å². The van der Waals surface area contributed by atoms with E-state index in [9.17, 15) is 0 Å². The Morgan fingerprint density at radius 1 is 1.50 bits per heavy atom. The Hall–Kier alpha value is -0.240. The normalized spacial score (nSPS) is 22.8. The Morgan fingerprint density at radius 2 is 2.10 bits per heavy atom. The summed E-state index contributed by atoms with van der Waals surface area (Å²) in [6.45, 7) is 5.21. The molecule has 3 heteroatoms. The average Bonchev–Trinajstić information content (AvgIpc) is 1.77. The van der Waals surface area contributed by atoms with Gasteiger partial charge in [-0.2, -0.15) is 0 Å². The Kier molecular flexibility index (Phi) is 3.16. The van der Waals surface area contributed by atoms with Gasteiger partial charge >= 0.3 is 0 Å². The second kappa shape index (κ2) is 3.24. The molecule has 0 bridgehead atoms. The number of amidine groups is 1. The van der Waals surface area contributed by atoms with Gasteiger partial charge in [0.2, 0.25) is 0 Å². The number of halogens is 1. The highest BCUT2D eigenvalue weighted by atomic mass is 35.5. The van der Waals surface area contributed by atoms with E-state index in [1.165, 1.54) is 12.8 Å². The predicted octanol–water partition coefficient (Wildman–Crippen LogP) is 1.59. The third-order valence-corrected chi connectivity index (χ3v) is 1.94. The minimum atomic E-state index is 0. The Bertz CT molecular complexity index is 141. The Morgan fingerprint density at radius 3 is 2.40 bits per heavy atom. The van der Waals surface area contributed by atoms with Crippen LogP contribution >= 0.6 is 12.4 Å². The van der Waals surface area contributed by atoms with Crippen molar-refractivity contribution in [3.63, 3.8) is 0 Å². The molecule has 60 valence electrons. The monoisotopic (exact) mass is 162 g/mol. The molecule has 0 aromatic rings. The molecule has 0 spiro atoms. The molecule has 0 saturated carbocycles. The number of hydrogen-bond donors (Lipinski definition) is 1. The van der Waals surface area contributed by atoms with E-state index in [4.69, 9.17) is 5.73 Å². The first kappa shape index (κ1) is 9.76. The molecule has 0 aromatic carbocycles. The summed E-state index contributed by atoms with van der Waals surface area (Å²) in [5.41, 5.74) is 5.83. The van der Waals surface area contributed by atoms with E-state index < -0.39 is 0 Å². The van der Waals surface area contributed by atoms with E-state index in [0.717, 1.165) is 12.4 Å². The van der Waals surface area contributed by atoms with Gasteiger partial charge in [-0.15, -0.1) is 12.4 Å². The molecule has 1 heterocycles. The first-order chi connectivity index (χ1) is 4.13. The van der Waals surface area contributed by atoms with Gasteiger partial charge in [0.25, 0.3) is 0 Å². The molecule has 1 aliphatic heterocycles. The first-order valence-electron chi connectivity index (χ1n) is 3.43. The lowest BCUT2D eigenvalue weighted by Gasteiger charge is -2.27. The van der Waals surface area contributed by atoms with Gasteiger partial charge in [0.15, 0.2) is 0 Å². The Balaban J connectivity index is 0.000000810. The summed E-state index contributed by atoms with van der Waals surface area (Å²) in [5.74, 6) is 0.828. The molecular weight excluding hydrogens is 148 g/mol. The number of rotatable bonds is 0. The van der Waals surface area contributed by atoms with Gasteiger partial charge in [0, 0.05) is 12.0 Å². The highest BCUT2D eigenvalue weighted by molar-refractivity contribution is 5.86. The summed E-state index contributed by atoms with van der Waals surface area (Å²) < 4.78 is 0. The van der Waals surface area contributed by atoms with Crippen molar-refractivity contribution in [1.82, 2.24) is 0 Å². The predicted molar refractivity (Wildman–Crippen MR) is 46.8 cm³/mol. The fraction of sp³-hybridized carbons (Fsp3) is 0.857. The van der Waals surface area contributed by atoms with E-state index in [1.54, 1.807) is 0 Å². The zero-order chi connectivity index (χ0) is 6.91. The van der Waals surface area contributed by atoms with Gasteiger partial charge in [0.1, 0.15) is 0 Å². The largest absolute Gasteiger partial charge is 0.387 e. The van der Waals surface area contributed by atoms with Crippen molar-refractivity contribution >= 4 is 18.2 Å². The summed E-state index contributed by atoms with van der Waals surface area (Å²) in [7, 11) is 0. The van der Waals surface area contributed by atoms with E-state index >= 15 is 0 Å². The van der Waals surface area contributed by atoms with Gasteiger partial charge in [-0.1, -0.05) is 13.8 Å². The molecule has 0 saturated heterocycles. The van der Waals surface area contributed by atoms with Crippen LogP contribution in [0.5, 0.6) is 0 Å². The molecule has 2 N–H and O–H groups in total. The summed E-state index contributed by atoms with van der Waals surface area (Å²) in [4.78, 5) is 4.18. The molecule has 0 aliphatic carbocycles. The smallest absolute Gasteiger partial charge is 0.0994 e. The molecule has 2 nitrogen and oxygen atoms in total. The topological polar surface area (TPSA) is 38.4 Å². The van der Waals surface area contributed by atoms with E-state index in [-0.39, 0.29) is 17.8 Å². The number of aliphatic imine (C=N–C) groups is 1. The van der Waals surface area contributed by atoms with Crippen molar-refractivity contribution in [1.29, 1.82) is 0 Å². The van der Waals surface area contributed by atoms with Crippen LogP contribution < -0.4 is 5.73 Å². The lowest BCUT2D eigenvalue weighted by molar-refractivity contribution is 0.435. The van der Waals surface area contributed by atoms with Crippen LogP contribution in [-0.2, 0) is 0 Å². The van der Waals surface area contributed by atoms with E-state index in [1.807, 2.05) is 0 Å². The van der Waals surface area contributed by atoms with Crippen LogP contribution in [-0.4, -0.2) is 12.4 Å². The number of nitrogens with two attached hydrogens (primary N) is 1. The highest BCUT2D eigenvalue weighted by Crippen LogP contribution is 2.25. The molecule has 1 aliphatic rings. The maximum absolute atomic E-state index is 5.66. The second-order valence-electron chi connectivity index (χ2n) is 3.25. The van der Waals surface area contributed by atoms with Crippen molar-refractivity contribution in [2.24, 2.45) is 16.1 Å². The standard InChI is InChI=1S/C7H14N2.ClH/c1-7(2)4-3-5-9-6(7)8;/h3-5H2,1-2H3,(H2,8,9);1H. The van der Waals surface area contributed by atoms with Crippen molar-refractivity contribution in [3.8, 4) is 0 Å². The first-order valence-corrected chi connectivity index (χ1v) is 3.43. The zero-order valence-electron chi connectivity index (χ0n) is 6.55. The Labute approximate surface area is 68.3 Å². The lowest BCUT2D eigenvalue weighted by atomic mass is 9.85. The van der Waals surface area contributed by atoms with Gasteiger partial charge < -0.3 is 5.73 Å². The van der Waals surface area contributed by atoms with Crippen LogP contribution in [0.4, 0.5) is 0 Å². The van der Waals surface area contributed by atoms with Crippen LogP contribution in [0.3, 0.4) is 0 Å². The maximum atomic E-state index is 5.66. The van der Waals surface area contributed by atoms with E-state index in [0.29, 0.717) is 0 Å². The van der Waals surface area contributed by atoms with Crippen LogP contribution in [0.2, 0.25) is 0 Å². The molecular formula is C7H15ClN2. The van der Waals surface area contributed by atoms with Crippen LogP contribution in [0.1, 0.15) is 26.7 Å². The fourth-order valence-electron chi connectivity index (χ4n) is 1.06. The van der Waals surface area contributed by atoms with Crippen LogP contribution in [0.15, 0.2) is 4.99 Å². The van der Waals surface area contributed by atoms with E-state index in [2.05, 4.69) is 18.8 Å². The molecule has 0 fully saturated rings. The quantitative estimate of drug-likeness (QED) is 0.577. The molecule has 0 aromatic heterocycles. The molecule has 0 amide bonds. The summed E-state index contributed by atoms with van der Waals surface area (Å²) in [6, 6.07) is 0. The molecule has 0 radical (unpaired) electrons. The molecule has 0 atom stereocenters. The third-order valence-electron chi connectivity index (χ3n) is 1.94.